The van der Waals surface area contributed by atoms with Gasteiger partial charge in [0, 0.05) is 23.2 Å². The number of phenols is 1. The molecule has 5 nitrogen and oxygen atoms in total. The van der Waals surface area contributed by atoms with E-state index in [4.69, 9.17) is 0 Å². The standard InChI is InChI=1S/C19H20N4O/c24-18-8-7-15(11-14(18)12-23-9-3-4-10-23)22-19-16-5-1-2-6-17(16)20-13-21-19/h1-2,5-8,11,13,24H,3-4,9-10,12H2,(H,20,21,22). The Morgan fingerprint density at radius 2 is 1.88 bits per heavy atom. The minimum Gasteiger partial charge on any atom is -0.508 e. The van der Waals surface area contributed by atoms with Gasteiger partial charge in [0.1, 0.15) is 17.9 Å². The molecule has 0 unspecified atom stereocenters. The van der Waals surface area contributed by atoms with Crippen LogP contribution in [0.1, 0.15) is 18.4 Å². The van der Waals surface area contributed by atoms with Crippen LogP contribution in [0, 0.1) is 0 Å². The highest BCUT2D eigenvalue weighted by Gasteiger charge is 2.14. The topological polar surface area (TPSA) is 61.3 Å². The van der Waals surface area contributed by atoms with E-state index in [0.29, 0.717) is 5.75 Å². The summed E-state index contributed by atoms with van der Waals surface area (Å²) in [5, 5.41) is 14.5. The predicted molar refractivity (Wildman–Crippen MR) is 95.4 cm³/mol. The molecule has 1 fully saturated rings. The van der Waals surface area contributed by atoms with Crippen molar-refractivity contribution >= 4 is 22.4 Å². The van der Waals surface area contributed by atoms with E-state index in [1.807, 2.05) is 36.4 Å². The van der Waals surface area contributed by atoms with Gasteiger partial charge in [0.25, 0.3) is 0 Å². The minimum atomic E-state index is 0.347. The molecule has 1 aliphatic heterocycles. The second kappa shape index (κ2) is 6.45. The fourth-order valence-corrected chi connectivity index (χ4v) is 3.21. The maximum atomic E-state index is 10.2. The number of fused-ring (bicyclic) bond motifs is 1. The normalized spacial score (nSPS) is 15.0. The fourth-order valence-electron chi connectivity index (χ4n) is 3.21. The van der Waals surface area contributed by atoms with Crippen molar-refractivity contribution in [3.8, 4) is 5.75 Å². The summed E-state index contributed by atoms with van der Waals surface area (Å²) in [4.78, 5) is 11.0. The van der Waals surface area contributed by atoms with Crippen molar-refractivity contribution in [2.24, 2.45) is 0 Å². The first-order valence-electron chi connectivity index (χ1n) is 8.30. The number of hydrogen-bond donors (Lipinski definition) is 2. The van der Waals surface area contributed by atoms with Gasteiger partial charge >= 0.3 is 0 Å². The molecule has 2 aromatic carbocycles. The number of likely N-dealkylation sites (tertiary alicyclic amines) is 1. The summed E-state index contributed by atoms with van der Waals surface area (Å²) in [7, 11) is 0. The molecule has 0 radical (unpaired) electrons. The number of anilines is 2. The number of aromatic nitrogens is 2. The molecular weight excluding hydrogens is 300 g/mol. The third kappa shape index (κ3) is 3.03. The minimum absolute atomic E-state index is 0.347. The van der Waals surface area contributed by atoms with Crippen LogP contribution in [0.5, 0.6) is 5.75 Å². The lowest BCUT2D eigenvalue weighted by Gasteiger charge is -2.17. The summed E-state index contributed by atoms with van der Waals surface area (Å²) in [5.41, 5.74) is 2.78. The Hall–Kier alpha value is -2.66. The fraction of sp³-hybridized carbons (Fsp3) is 0.263. The first-order chi connectivity index (χ1) is 11.8. The van der Waals surface area contributed by atoms with Crippen molar-refractivity contribution in [3.63, 3.8) is 0 Å². The lowest BCUT2D eigenvalue weighted by atomic mass is 10.1. The molecule has 2 heterocycles. The van der Waals surface area contributed by atoms with Gasteiger partial charge in [0.2, 0.25) is 0 Å². The van der Waals surface area contributed by atoms with Crippen LogP contribution in [0.3, 0.4) is 0 Å². The van der Waals surface area contributed by atoms with Crippen LogP contribution in [-0.4, -0.2) is 33.1 Å². The third-order valence-corrected chi connectivity index (χ3v) is 4.48. The molecule has 0 aliphatic carbocycles. The predicted octanol–water partition coefficient (Wildman–Crippen LogP) is 3.67. The first-order valence-corrected chi connectivity index (χ1v) is 8.30. The van der Waals surface area contributed by atoms with Gasteiger partial charge in [0.15, 0.2) is 0 Å². The highest BCUT2D eigenvalue weighted by Crippen LogP contribution is 2.28. The number of hydrogen-bond acceptors (Lipinski definition) is 5. The molecule has 0 atom stereocenters. The number of phenolic OH excluding ortho intramolecular Hbond substituents is 1. The maximum absolute atomic E-state index is 10.2. The zero-order valence-corrected chi connectivity index (χ0v) is 13.4. The van der Waals surface area contributed by atoms with Crippen molar-refractivity contribution in [1.29, 1.82) is 0 Å². The summed E-state index contributed by atoms with van der Waals surface area (Å²) in [6, 6.07) is 13.5. The van der Waals surface area contributed by atoms with E-state index in [1.54, 1.807) is 12.4 Å². The van der Waals surface area contributed by atoms with E-state index in [1.165, 1.54) is 12.8 Å². The van der Waals surface area contributed by atoms with Crippen LogP contribution in [0.2, 0.25) is 0 Å². The Labute approximate surface area is 141 Å². The SMILES string of the molecule is Oc1ccc(Nc2ncnc3ccccc23)cc1CN1CCCC1. The second-order valence-corrected chi connectivity index (χ2v) is 6.19. The Kier molecular flexibility index (Phi) is 4.01. The van der Waals surface area contributed by atoms with Crippen molar-refractivity contribution < 1.29 is 5.11 Å². The van der Waals surface area contributed by atoms with Gasteiger partial charge < -0.3 is 10.4 Å². The van der Waals surface area contributed by atoms with Crippen molar-refractivity contribution in [2.75, 3.05) is 18.4 Å². The number of nitrogens with one attached hydrogen (secondary N) is 1. The Morgan fingerprint density at radius 1 is 1.04 bits per heavy atom. The van der Waals surface area contributed by atoms with Gasteiger partial charge in [-0.25, -0.2) is 9.97 Å². The Morgan fingerprint density at radius 3 is 2.75 bits per heavy atom. The maximum Gasteiger partial charge on any atom is 0.141 e. The molecule has 122 valence electrons. The van der Waals surface area contributed by atoms with Crippen LogP contribution in [0.4, 0.5) is 11.5 Å². The van der Waals surface area contributed by atoms with Crippen LogP contribution < -0.4 is 5.32 Å². The molecule has 4 rings (SSSR count). The quantitative estimate of drug-likeness (QED) is 0.718. The molecule has 0 saturated carbocycles. The molecule has 1 aromatic heterocycles. The highest BCUT2D eigenvalue weighted by atomic mass is 16.3. The van der Waals surface area contributed by atoms with Gasteiger partial charge in [-0.3, -0.25) is 4.90 Å². The summed E-state index contributed by atoms with van der Waals surface area (Å²) in [5.74, 6) is 1.12. The average Bonchev–Trinajstić information content (AvgIpc) is 3.11. The van der Waals surface area contributed by atoms with E-state index in [9.17, 15) is 5.11 Å². The summed E-state index contributed by atoms with van der Waals surface area (Å²) in [6.45, 7) is 2.99. The Bertz CT molecular complexity index is 854. The van der Waals surface area contributed by atoms with Crippen LogP contribution in [0.15, 0.2) is 48.8 Å². The number of aromatic hydroxyl groups is 1. The molecule has 0 bridgehead atoms. The van der Waals surface area contributed by atoms with E-state index < -0.39 is 0 Å². The van der Waals surface area contributed by atoms with E-state index in [2.05, 4.69) is 20.2 Å². The van der Waals surface area contributed by atoms with Crippen LogP contribution in [0.25, 0.3) is 10.9 Å². The molecule has 1 saturated heterocycles. The number of benzene rings is 2. The lowest BCUT2D eigenvalue weighted by Crippen LogP contribution is -2.18. The molecule has 5 heteroatoms. The monoisotopic (exact) mass is 320 g/mol. The van der Waals surface area contributed by atoms with Crippen LogP contribution in [-0.2, 0) is 6.54 Å². The van der Waals surface area contributed by atoms with Gasteiger partial charge in [0.05, 0.1) is 5.52 Å². The largest absolute Gasteiger partial charge is 0.508 e. The van der Waals surface area contributed by atoms with Gasteiger partial charge in [-0.05, 0) is 56.3 Å². The molecule has 0 spiro atoms. The highest BCUT2D eigenvalue weighted by molar-refractivity contribution is 5.90. The zero-order valence-electron chi connectivity index (χ0n) is 13.4. The van der Waals surface area contributed by atoms with E-state index in [-0.39, 0.29) is 0 Å². The molecule has 0 amide bonds. The molecule has 1 aliphatic rings. The van der Waals surface area contributed by atoms with E-state index >= 15 is 0 Å². The third-order valence-electron chi connectivity index (χ3n) is 4.48. The molecular formula is C19H20N4O. The average molecular weight is 320 g/mol. The molecule has 3 aromatic rings. The van der Waals surface area contributed by atoms with Crippen molar-refractivity contribution in [3.05, 3.63) is 54.4 Å². The second-order valence-electron chi connectivity index (χ2n) is 6.19. The first kappa shape index (κ1) is 14.9. The van der Waals surface area contributed by atoms with Gasteiger partial charge in [-0.15, -0.1) is 0 Å². The van der Waals surface area contributed by atoms with E-state index in [0.717, 1.165) is 47.6 Å². The molecule has 24 heavy (non-hydrogen) atoms. The number of para-hydroxylation sites is 1. The van der Waals surface area contributed by atoms with Crippen molar-refractivity contribution in [2.45, 2.75) is 19.4 Å². The summed E-state index contributed by atoms with van der Waals surface area (Å²) >= 11 is 0. The van der Waals surface area contributed by atoms with Gasteiger partial charge in [-0.1, -0.05) is 12.1 Å². The van der Waals surface area contributed by atoms with Crippen molar-refractivity contribution in [1.82, 2.24) is 14.9 Å². The molecule has 2 N–H and O–H groups in total. The lowest BCUT2D eigenvalue weighted by molar-refractivity contribution is 0.324. The summed E-state index contributed by atoms with van der Waals surface area (Å²) in [6.07, 6.45) is 4.05. The number of nitrogens with zero attached hydrogens (tertiary/aromatic N) is 3. The number of rotatable bonds is 4. The van der Waals surface area contributed by atoms with Gasteiger partial charge in [-0.2, -0.15) is 0 Å². The smallest absolute Gasteiger partial charge is 0.141 e. The zero-order chi connectivity index (χ0) is 16.4. The summed E-state index contributed by atoms with van der Waals surface area (Å²) < 4.78 is 0. The van der Waals surface area contributed by atoms with Crippen LogP contribution >= 0.6 is 0 Å². The Balaban J connectivity index is 1.62.